The zero-order valence-corrected chi connectivity index (χ0v) is 9.26. The van der Waals surface area contributed by atoms with Gasteiger partial charge >= 0.3 is 0 Å². The highest BCUT2D eigenvalue weighted by Gasteiger charge is 2.18. The van der Waals surface area contributed by atoms with Crippen LogP contribution in [0, 0.1) is 11.3 Å². The van der Waals surface area contributed by atoms with E-state index in [2.05, 4.69) is 4.98 Å². The molecule has 0 aliphatic heterocycles. The lowest BCUT2D eigenvalue weighted by atomic mass is 10.1. The lowest BCUT2D eigenvalue weighted by molar-refractivity contribution is 0.149. The van der Waals surface area contributed by atoms with Crippen molar-refractivity contribution in [1.29, 1.82) is 5.26 Å². The van der Waals surface area contributed by atoms with E-state index in [9.17, 15) is 8.78 Å². The average molecular weight is 247 g/mol. The normalized spacial score (nSPS) is 10.2. The van der Waals surface area contributed by atoms with Gasteiger partial charge in [0.2, 0.25) is 5.88 Å². The van der Waals surface area contributed by atoms with E-state index in [1.54, 1.807) is 0 Å². The summed E-state index contributed by atoms with van der Waals surface area (Å²) in [6, 6.07) is 3.00. The summed E-state index contributed by atoms with van der Waals surface area (Å²) in [5, 5.41) is 8.57. The van der Waals surface area contributed by atoms with E-state index in [1.165, 1.54) is 7.11 Å². The molecule has 0 N–H and O–H groups in total. The molecule has 1 aromatic heterocycles. The summed E-state index contributed by atoms with van der Waals surface area (Å²) in [6.07, 6.45) is -2.73. The molecule has 86 valence electrons. The second-order valence-corrected chi connectivity index (χ2v) is 3.22. The van der Waals surface area contributed by atoms with Gasteiger partial charge in [0, 0.05) is 17.5 Å². The smallest absolute Gasteiger partial charge is 0.264 e. The van der Waals surface area contributed by atoms with Gasteiger partial charge in [0.15, 0.2) is 0 Å². The van der Waals surface area contributed by atoms with Gasteiger partial charge in [-0.2, -0.15) is 5.26 Å². The number of rotatable bonds is 4. The molecule has 0 aliphatic carbocycles. The van der Waals surface area contributed by atoms with Crippen molar-refractivity contribution in [3.05, 3.63) is 22.9 Å². The first-order valence-electron chi connectivity index (χ1n) is 4.41. The number of methoxy groups -OCH3 is 1. The monoisotopic (exact) mass is 246 g/mol. The van der Waals surface area contributed by atoms with E-state index in [4.69, 9.17) is 21.6 Å². The quantitative estimate of drug-likeness (QED) is 0.768. The fourth-order valence-electron chi connectivity index (χ4n) is 1.29. The second kappa shape index (κ2) is 5.61. The van der Waals surface area contributed by atoms with Crippen molar-refractivity contribution in [2.75, 3.05) is 7.11 Å². The molecule has 0 radical (unpaired) electrons. The standard InChI is InChI=1S/C10H9ClF2N2O/c1-16-9-4-6(10(12)13)7(5-11)8(15-9)2-3-14/h4,10H,2,5H2,1H3. The van der Waals surface area contributed by atoms with Crippen LogP contribution in [-0.4, -0.2) is 12.1 Å². The second-order valence-electron chi connectivity index (χ2n) is 2.95. The van der Waals surface area contributed by atoms with Crippen molar-refractivity contribution in [3.8, 4) is 11.9 Å². The third-order valence-electron chi connectivity index (χ3n) is 2.05. The number of alkyl halides is 3. The maximum Gasteiger partial charge on any atom is 0.264 e. The maximum absolute atomic E-state index is 12.7. The minimum Gasteiger partial charge on any atom is -0.481 e. The van der Waals surface area contributed by atoms with Crippen molar-refractivity contribution in [2.24, 2.45) is 0 Å². The number of nitriles is 1. The number of ether oxygens (including phenoxy) is 1. The first-order valence-corrected chi connectivity index (χ1v) is 4.95. The van der Waals surface area contributed by atoms with Crippen LogP contribution < -0.4 is 4.74 Å². The summed E-state index contributed by atoms with van der Waals surface area (Å²) in [6.45, 7) is 0. The molecule has 0 atom stereocenters. The van der Waals surface area contributed by atoms with Crippen LogP contribution in [0.15, 0.2) is 6.07 Å². The Morgan fingerprint density at radius 3 is 2.75 bits per heavy atom. The van der Waals surface area contributed by atoms with Crippen LogP contribution in [0.2, 0.25) is 0 Å². The zero-order valence-electron chi connectivity index (χ0n) is 8.51. The number of hydrogen-bond acceptors (Lipinski definition) is 3. The highest BCUT2D eigenvalue weighted by atomic mass is 35.5. The first-order chi connectivity index (χ1) is 7.63. The predicted octanol–water partition coefficient (Wildman–Crippen LogP) is 2.83. The van der Waals surface area contributed by atoms with Crippen LogP contribution in [-0.2, 0) is 12.3 Å². The molecule has 0 saturated carbocycles. The molecule has 0 aliphatic rings. The van der Waals surface area contributed by atoms with Crippen molar-refractivity contribution >= 4 is 11.6 Å². The molecular weight excluding hydrogens is 238 g/mol. The lowest BCUT2D eigenvalue weighted by Gasteiger charge is -2.11. The number of halogens is 3. The summed E-state index contributed by atoms with van der Waals surface area (Å²) >= 11 is 5.59. The van der Waals surface area contributed by atoms with Gasteiger partial charge in [-0.3, -0.25) is 0 Å². The molecule has 3 nitrogen and oxygen atoms in total. The average Bonchev–Trinajstić information content (AvgIpc) is 2.28. The summed E-state index contributed by atoms with van der Waals surface area (Å²) < 4.78 is 30.2. The molecular formula is C10H9ClF2N2O. The van der Waals surface area contributed by atoms with Crippen LogP contribution in [0.5, 0.6) is 5.88 Å². The Morgan fingerprint density at radius 2 is 2.31 bits per heavy atom. The highest BCUT2D eigenvalue weighted by Crippen LogP contribution is 2.29. The number of hydrogen-bond donors (Lipinski definition) is 0. The van der Waals surface area contributed by atoms with Gasteiger partial charge in [0.05, 0.1) is 25.3 Å². The van der Waals surface area contributed by atoms with E-state index < -0.39 is 6.43 Å². The van der Waals surface area contributed by atoms with E-state index >= 15 is 0 Å². The number of pyridine rings is 1. The van der Waals surface area contributed by atoms with Gasteiger partial charge in [-0.1, -0.05) is 0 Å². The molecule has 0 spiro atoms. The van der Waals surface area contributed by atoms with Gasteiger partial charge < -0.3 is 4.74 Å². The molecule has 16 heavy (non-hydrogen) atoms. The van der Waals surface area contributed by atoms with Crippen LogP contribution in [0.4, 0.5) is 8.78 Å². The Bertz CT molecular complexity index is 418. The van der Waals surface area contributed by atoms with E-state index in [0.717, 1.165) is 6.07 Å². The van der Waals surface area contributed by atoms with E-state index in [0.29, 0.717) is 0 Å². The van der Waals surface area contributed by atoms with Gasteiger partial charge in [0.25, 0.3) is 6.43 Å². The fourth-order valence-corrected chi connectivity index (χ4v) is 1.60. The lowest BCUT2D eigenvalue weighted by Crippen LogP contribution is -2.04. The molecule has 6 heteroatoms. The molecule has 0 unspecified atom stereocenters. The molecule has 1 heterocycles. The van der Waals surface area contributed by atoms with Gasteiger partial charge in [-0.05, 0) is 5.56 Å². The largest absolute Gasteiger partial charge is 0.481 e. The Kier molecular flexibility index (Phi) is 4.44. The number of aromatic nitrogens is 1. The van der Waals surface area contributed by atoms with Crippen LogP contribution in [0.1, 0.15) is 23.2 Å². The van der Waals surface area contributed by atoms with Crippen molar-refractivity contribution in [1.82, 2.24) is 4.98 Å². The highest BCUT2D eigenvalue weighted by molar-refractivity contribution is 6.17. The molecule has 0 bridgehead atoms. The molecule has 0 aromatic carbocycles. The maximum atomic E-state index is 12.7. The Labute approximate surface area is 96.6 Å². The van der Waals surface area contributed by atoms with E-state index in [-0.39, 0.29) is 35.0 Å². The molecule has 0 fully saturated rings. The molecule has 0 amide bonds. The van der Waals surface area contributed by atoms with Crippen LogP contribution in [0.25, 0.3) is 0 Å². The minimum absolute atomic E-state index is 0.0643. The topological polar surface area (TPSA) is 45.9 Å². The Morgan fingerprint density at radius 1 is 1.62 bits per heavy atom. The third kappa shape index (κ3) is 2.58. The van der Waals surface area contributed by atoms with Crippen molar-refractivity contribution in [2.45, 2.75) is 18.7 Å². The third-order valence-corrected chi connectivity index (χ3v) is 2.31. The Balaban J connectivity index is 3.35. The minimum atomic E-state index is -2.66. The van der Waals surface area contributed by atoms with Gasteiger partial charge in [-0.25, -0.2) is 13.8 Å². The predicted molar refractivity (Wildman–Crippen MR) is 54.6 cm³/mol. The van der Waals surface area contributed by atoms with Crippen LogP contribution in [0.3, 0.4) is 0 Å². The number of nitrogens with zero attached hydrogens (tertiary/aromatic N) is 2. The van der Waals surface area contributed by atoms with Gasteiger partial charge in [0.1, 0.15) is 0 Å². The summed E-state index contributed by atoms with van der Waals surface area (Å²) in [7, 11) is 1.33. The van der Waals surface area contributed by atoms with Crippen molar-refractivity contribution in [3.63, 3.8) is 0 Å². The molecule has 0 saturated heterocycles. The van der Waals surface area contributed by atoms with Crippen LogP contribution >= 0.6 is 11.6 Å². The summed E-state index contributed by atoms with van der Waals surface area (Å²) in [5.74, 6) is -0.0392. The SMILES string of the molecule is COc1cc(C(F)F)c(CCl)c(CC#N)n1. The fraction of sp³-hybridized carbons (Fsp3) is 0.400. The first kappa shape index (κ1) is 12.7. The molecule has 1 aromatic rings. The zero-order chi connectivity index (χ0) is 12.1. The van der Waals surface area contributed by atoms with Crippen molar-refractivity contribution < 1.29 is 13.5 Å². The van der Waals surface area contributed by atoms with E-state index in [1.807, 2.05) is 6.07 Å². The molecule has 1 rings (SSSR count). The summed E-state index contributed by atoms with van der Waals surface area (Å²) in [5.41, 5.74) is 0.221. The van der Waals surface area contributed by atoms with Gasteiger partial charge in [-0.15, -0.1) is 11.6 Å². The summed E-state index contributed by atoms with van der Waals surface area (Å²) in [4.78, 5) is 3.93. The Hall–Kier alpha value is -1.41.